The molecule has 0 rings (SSSR count). The maximum atomic E-state index is 9.23. The molecule has 0 bridgehead atoms. The van der Waals surface area contributed by atoms with E-state index in [0.29, 0.717) is 0 Å². The monoisotopic (exact) mass is 196 g/mol. The molecule has 0 aromatic rings. The van der Waals surface area contributed by atoms with Crippen molar-refractivity contribution in [2.24, 2.45) is 0 Å². The molecule has 0 fully saturated rings. The molecule has 0 radical (unpaired) electrons. The Morgan fingerprint density at radius 1 is 1.00 bits per heavy atom. The van der Waals surface area contributed by atoms with E-state index in [1.54, 1.807) is 12.4 Å². The van der Waals surface area contributed by atoms with Crippen molar-refractivity contribution in [2.45, 2.75) is 24.4 Å². The third-order valence-electron chi connectivity index (χ3n) is 1.80. The zero-order chi connectivity index (χ0) is 10.4. The number of aliphatic hydroxyl groups excluding tert-OH is 5. The molecule has 0 amide bonds. The number of quaternary nitrogens is 1. The number of nitrogens with two attached hydrogens (primary N) is 1. The summed E-state index contributed by atoms with van der Waals surface area (Å²) in [4.78, 5) is 0. The van der Waals surface area contributed by atoms with Crippen molar-refractivity contribution in [2.75, 3.05) is 20.2 Å². The van der Waals surface area contributed by atoms with Gasteiger partial charge in [-0.15, -0.1) is 0 Å². The Morgan fingerprint density at radius 3 is 1.85 bits per heavy atom. The van der Waals surface area contributed by atoms with Crippen molar-refractivity contribution in [3.8, 4) is 0 Å². The first-order valence-electron chi connectivity index (χ1n) is 4.15. The van der Waals surface area contributed by atoms with E-state index in [-0.39, 0.29) is 6.54 Å². The van der Waals surface area contributed by atoms with Crippen LogP contribution in [-0.2, 0) is 0 Å². The first-order chi connectivity index (χ1) is 6.04. The Bertz CT molecular complexity index is 134. The van der Waals surface area contributed by atoms with Crippen LogP contribution in [0.3, 0.4) is 0 Å². The van der Waals surface area contributed by atoms with Crippen LogP contribution in [0.25, 0.3) is 0 Å². The highest BCUT2D eigenvalue weighted by molar-refractivity contribution is 4.79. The number of likely N-dealkylation sites (N-methyl/N-ethyl adjacent to an activating group) is 1. The molecule has 0 heterocycles. The second-order valence-electron chi connectivity index (χ2n) is 2.94. The molecular weight excluding hydrogens is 178 g/mol. The Morgan fingerprint density at radius 2 is 1.46 bits per heavy atom. The molecule has 7 N–H and O–H groups in total. The van der Waals surface area contributed by atoms with Gasteiger partial charge < -0.3 is 30.8 Å². The molecule has 0 spiro atoms. The minimum absolute atomic E-state index is 0.219. The zero-order valence-electron chi connectivity index (χ0n) is 7.54. The van der Waals surface area contributed by atoms with Gasteiger partial charge in [-0.2, -0.15) is 0 Å². The van der Waals surface area contributed by atoms with Crippen molar-refractivity contribution in [3.63, 3.8) is 0 Å². The van der Waals surface area contributed by atoms with Crippen LogP contribution in [0.1, 0.15) is 0 Å². The number of hydrogen-bond acceptors (Lipinski definition) is 5. The van der Waals surface area contributed by atoms with Gasteiger partial charge in [-0.3, -0.25) is 0 Å². The molecule has 13 heavy (non-hydrogen) atoms. The van der Waals surface area contributed by atoms with E-state index in [1.807, 2.05) is 0 Å². The predicted molar refractivity (Wildman–Crippen MR) is 43.8 cm³/mol. The highest BCUT2D eigenvalue weighted by atomic mass is 16.4. The third kappa shape index (κ3) is 3.99. The van der Waals surface area contributed by atoms with Gasteiger partial charge in [0, 0.05) is 0 Å². The third-order valence-corrected chi connectivity index (χ3v) is 1.80. The summed E-state index contributed by atoms with van der Waals surface area (Å²) < 4.78 is 0. The first kappa shape index (κ1) is 12.8. The summed E-state index contributed by atoms with van der Waals surface area (Å²) in [5, 5.41) is 46.6. The molecule has 4 atom stereocenters. The highest BCUT2D eigenvalue weighted by Crippen LogP contribution is 2.03. The minimum atomic E-state index is -1.53. The van der Waals surface area contributed by atoms with Gasteiger partial charge in [0.2, 0.25) is 0 Å². The zero-order valence-corrected chi connectivity index (χ0v) is 7.54. The fraction of sp³-hybridized carbons (Fsp3) is 1.00. The average molecular weight is 196 g/mol. The summed E-state index contributed by atoms with van der Waals surface area (Å²) in [5.41, 5.74) is 0. The number of rotatable bonds is 6. The van der Waals surface area contributed by atoms with E-state index >= 15 is 0 Å². The number of hydrogen-bond donors (Lipinski definition) is 6. The van der Waals surface area contributed by atoms with Gasteiger partial charge in [0.05, 0.1) is 13.7 Å². The van der Waals surface area contributed by atoms with Gasteiger partial charge in [-0.05, 0) is 0 Å². The van der Waals surface area contributed by atoms with E-state index in [2.05, 4.69) is 0 Å². The second kappa shape index (κ2) is 6.25. The lowest BCUT2D eigenvalue weighted by Gasteiger charge is -2.24. The van der Waals surface area contributed by atoms with Gasteiger partial charge in [0.15, 0.2) is 0 Å². The summed E-state index contributed by atoms with van der Waals surface area (Å²) >= 11 is 0. The van der Waals surface area contributed by atoms with Crippen LogP contribution < -0.4 is 5.32 Å². The van der Waals surface area contributed by atoms with Crippen LogP contribution in [0.4, 0.5) is 0 Å². The lowest BCUT2D eigenvalue weighted by Crippen LogP contribution is -2.83. The maximum Gasteiger partial charge on any atom is 0.131 e. The van der Waals surface area contributed by atoms with Gasteiger partial charge in [-0.25, -0.2) is 0 Å². The average Bonchev–Trinajstić information content (AvgIpc) is 2.14. The minimum Gasteiger partial charge on any atom is -0.394 e. The first-order valence-corrected chi connectivity index (χ1v) is 4.15. The van der Waals surface area contributed by atoms with Crippen molar-refractivity contribution in [3.05, 3.63) is 0 Å². The summed E-state index contributed by atoms with van der Waals surface area (Å²) in [5.74, 6) is 0. The predicted octanol–water partition coefficient (Wildman–Crippen LogP) is -4.38. The van der Waals surface area contributed by atoms with Gasteiger partial charge in [-0.1, -0.05) is 0 Å². The lowest BCUT2D eigenvalue weighted by atomic mass is 10.0. The van der Waals surface area contributed by atoms with Crippen LogP contribution in [0, 0.1) is 0 Å². The topological polar surface area (TPSA) is 118 Å². The fourth-order valence-electron chi connectivity index (χ4n) is 0.944. The molecule has 0 aromatic heterocycles. The number of aliphatic hydroxyl groups is 5. The largest absolute Gasteiger partial charge is 0.394 e. The van der Waals surface area contributed by atoms with Crippen molar-refractivity contribution in [1.29, 1.82) is 0 Å². The molecule has 0 aromatic carbocycles. The van der Waals surface area contributed by atoms with Crippen LogP contribution in [0.15, 0.2) is 0 Å². The van der Waals surface area contributed by atoms with E-state index < -0.39 is 31.0 Å². The van der Waals surface area contributed by atoms with E-state index in [4.69, 9.17) is 15.3 Å². The fourth-order valence-corrected chi connectivity index (χ4v) is 0.944. The molecule has 6 heteroatoms. The molecule has 0 saturated carbocycles. The Hall–Kier alpha value is -0.240. The SMILES string of the molecule is C[NH2+]C[C@@H](O)[C@@H](O)[C@H](O)[C@H](O)CO. The standard InChI is InChI=1S/C7H17NO5/c1-8-2-4(10)6(12)7(13)5(11)3-9/h4-13H,2-3H2,1H3/p+1/t4-,5-,6-,7-/m1/s1. The summed E-state index contributed by atoms with van der Waals surface area (Å²) in [7, 11) is 1.70. The molecule has 0 aliphatic carbocycles. The van der Waals surface area contributed by atoms with Gasteiger partial charge in [0.1, 0.15) is 31.0 Å². The molecule has 80 valence electrons. The molecule has 6 nitrogen and oxygen atoms in total. The van der Waals surface area contributed by atoms with E-state index in [1.165, 1.54) is 0 Å². The highest BCUT2D eigenvalue weighted by Gasteiger charge is 2.30. The van der Waals surface area contributed by atoms with Crippen molar-refractivity contribution >= 4 is 0 Å². The quantitative estimate of drug-likeness (QED) is 0.256. The Kier molecular flexibility index (Phi) is 6.13. The summed E-state index contributed by atoms with van der Waals surface area (Å²) in [6.45, 7) is -0.433. The van der Waals surface area contributed by atoms with Crippen molar-refractivity contribution < 1.29 is 30.8 Å². The van der Waals surface area contributed by atoms with E-state index in [0.717, 1.165) is 0 Å². The van der Waals surface area contributed by atoms with Crippen LogP contribution >= 0.6 is 0 Å². The normalized spacial score (nSPS) is 20.8. The molecule has 0 aliphatic rings. The summed E-state index contributed by atoms with van der Waals surface area (Å²) in [6, 6.07) is 0. The van der Waals surface area contributed by atoms with Crippen LogP contribution in [0.2, 0.25) is 0 Å². The second-order valence-corrected chi connectivity index (χ2v) is 2.94. The Balaban J connectivity index is 3.99. The molecule has 0 unspecified atom stereocenters. The maximum absolute atomic E-state index is 9.23. The summed E-state index contributed by atoms with van der Waals surface area (Å²) in [6.07, 6.45) is -5.53. The van der Waals surface area contributed by atoms with Gasteiger partial charge in [0.25, 0.3) is 0 Å². The molecular formula is C7H18NO5+. The van der Waals surface area contributed by atoms with E-state index in [9.17, 15) is 10.2 Å². The van der Waals surface area contributed by atoms with Crippen LogP contribution in [-0.4, -0.2) is 70.1 Å². The smallest absolute Gasteiger partial charge is 0.131 e. The lowest BCUT2D eigenvalue weighted by molar-refractivity contribution is -0.635. The Labute approximate surface area is 76.4 Å². The van der Waals surface area contributed by atoms with Crippen molar-refractivity contribution in [1.82, 2.24) is 0 Å². The van der Waals surface area contributed by atoms with Gasteiger partial charge >= 0.3 is 0 Å². The molecule has 0 aliphatic heterocycles. The molecule has 0 saturated heterocycles. The van der Waals surface area contributed by atoms with Crippen LogP contribution in [0.5, 0.6) is 0 Å².